The van der Waals surface area contributed by atoms with E-state index < -0.39 is 0 Å². The molecule has 3 heterocycles. The van der Waals surface area contributed by atoms with Crippen LogP contribution in [0.25, 0.3) is 0 Å². The maximum absolute atomic E-state index is 5.68. The Morgan fingerprint density at radius 1 is 1.29 bits per heavy atom. The molecule has 2 N–H and O–H groups in total. The van der Waals surface area contributed by atoms with Crippen LogP contribution >= 0.6 is 0 Å². The Balaban J connectivity index is 1.56. The highest BCUT2D eigenvalue weighted by Crippen LogP contribution is 2.23. The van der Waals surface area contributed by atoms with Crippen molar-refractivity contribution in [1.82, 2.24) is 19.7 Å². The zero-order chi connectivity index (χ0) is 14.7. The first-order valence-corrected chi connectivity index (χ1v) is 7.27. The zero-order valence-electron chi connectivity index (χ0n) is 12.3. The summed E-state index contributed by atoms with van der Waals surface area (Å²) in [5.41, 5.74) is 6.73. The van der Waals surface area contributed by atoms with Crippen molar-refractivity contribution in [1.29, 1.82) is 0 Å². The second-order valence-electron chi connectivity index (χ2n) is 5.40. The van der Waals surface area contributed by atoms with E-state index in [0.717, 1.165) is 38.2 Å². The molecule has 0 spiro atoms. The van der Waals surface area contributed by atoms with Gasteiger partial charge in [0.25, 0.3) is 0 Å². The van der Waals surface area contributed by atoms with E-state index in [0.29, 0.717) is 17.7 Å². The first-order valence-electron chi connectivity index (χ1n) is 7.27. The van der Waals surface area contributed by atoms with Crippen LogP contribution in [0.1, 0.15) is 24.6 Å². The van der Waals surface area contributed by atoms with Crippen LogP contribution in [-0.4, -0.2) is 39.9 Å². The summed E-state index contributed by atoms with van der Waals surface area (Å²) >= 11 is 0. The molecule has 6 nitrogen and oxygen atoms in total. The van der Waals surface area contributed by atoms with Gasteiger partial charge < -0.3 is 10.5 Å². The predicted molar refractivity (Wildman–Crippen MR) is 81.0 cm³/mol. The van der Waals surface area contributed by atoms with Gasteiger partial charge in [0, 0.05) is 31.9 Å². The second-order valence-corrected chi connectivity index (χ2v) is 5.40. The quantitative estimate of drug-likeness (QED) is 0.927. The van der Waals surface area contributed by atoms with E-state index in [1.54, 1.807) is 7.11 Å². The van der Waals surface area contributed by atoms with Gasteiger partial charge in [-0.25, -0.2) is 4.98 Å². The number of anilines is 1. The first-order chi connectivity index (χ1) is 10.2. The molecule has 1 fully saturated rings. The fourth-order valence-corrected chi connectivity index (χ4v) is 2.79. The average Bonchev–Trinajstić information content (AvgIpc) is 2.95. The number of ether oxygens (including phenoxy) is 1. The zero-order valence-corrected chi connectivity index (χ0v) is 12.3. The molecule has 0 bridgehead atoms. The summed E-state index contributed by atoms with van der Waals surface area (Å²) in [5, 5.41) is 4.31. The van der Waals surface area contributed by atoms with Crippen LogP contribution in [0.15, 0.2) is 30.5 Å². The highest BCUT2D eigenvalue weighted by Gasteiger charge is 2.21. The van der Waals surface area contributed by atoms with E-state index in [1.165, 1.54) is 0 Å². The third kappa shape index (κ3) is 3.33. The fourth-order valence-electron chi connectivity index (χ4n) is 2.79. The van der Waals surface area contributed by atoms with Gasteiger partial charge in [0.05, 0.1) is 18.8 Å². The van der Waals surface area contributed by atoms with Gasteiger partial charge >= 0.3 is 0 Å². The van der Waals surface area contributed by atoms with E-state index in [2.05, 4.69) is 15.0 Å². The lowest BCUT2D eigenvalue weighted by Crippen LogP contribution is -2.34. The van der Waals surface area contributed by atoms with Crippen LogP contribution in [-0.2, 0) is 6.54 Å². The van der Waals surface area contributed by atoms with Crippen molar-refractivity contribution in [3.05, 3.63) is 36.2 Å². The van der Waals surface area contributed by atoms with Gasteiger partial charge in [-0.15, -0.1) is 0 Å². The molecule has 0 atom stereocenters. The Labute approximate surface area is 124 Å². The number of rotatable bonds is 4. The molecule has 112 valence electrons. The lowest BCUT2D eigenvalue weighted by atomic mass is 10.1. The predicted octanol–water partition coefficient (Wildman–Crippen LogP) is 1.71. The van der Waals surface area contributed by atoms with Crippen LogP contribution in [0.4, 0.5) is 5.82 Å². The lowest BCUT2D eigenvalue weighted by molar-refractivity contribution is 0.171. The van der Waals surface area contributed by atoms with E-state index >= 15 is 0 Å². The van der Waals surface area contributed by atoms with Crippen molar-refractivity contribution >= 4 is 5.82 Å². The molecule has 2 aromatic heterocycles. The molecule has 1 aliphatic rings. The van der Waals surface area contributed by atoms with Crippen molar-refractivity contribution in [2.75, 3.05) is 25.9 Å². The Morgan fingerprint density at radius 3 is 2.76 bits per heavy atom. The van der Waals surface area contributed by atoms with E-state index in [1.807, 2.05) is 35.1 Å². The molecule has 1 saturated heterocycles. The van der Waals surface area contributed by atoms with Gasteiger partial charge in [-0.3, -0.25) is 9.58 Å². The smallest absolute Gasteiger partial charge is 0.213 e. The summed E-state index contributed by atoms with van der Waals surface area (Å²) in [6, 6.07) is 8.21. The van der Waals surface area contributed by atoms with Crippen LogP contribution in [0.3, 0.4) is 0 Å². The molecule has 0 radical (unpaired) electrons. The van der Waals surface area contributed by atoms with Crippen molar-refractivity contribution in [3.8, 4) is 5.88 Å². The normalized spacial score (nSPS) is 17.0. The Bertz CT molecular complexity index is 589. The third-order valence-corrected chi connectivity index (χ3v) is 3.94. The molecule has 1 aliphatic heterocycles. The molecule has 21 heavy (non-hydrogen) atoms. The monoisotopic (exact) mass is 287 g/mol. The number of aromatic nitrogens is 3. The summed E-state index contributed by atoms with van der Waals surface area (Å²) in [6.07, 6.45) is 4.15. The fraction of sp³-hybridized carbons (Fsp3) is 0.467. The minimum absolute atomic E-state index is 0.455. The van der Waals surface area contributed by atoms with E-state index in [4.69, 9.17) is 10.5 Å². The number of nitrogens with zero attached hydrogens (tertiary/aromatic N) is 4. The highest BCUT2D eigenvalue weighted by molar-refractivity contribution is 5.24. The van der Waals surface area contributed by atoms with Crippen LogP contribution in [0, 0.1) is 0 Å². The molecule has 0 saturated carbocycles. The highest BCUT2D eigenvalue weighted by atomic mass is 16.5. The molecule has 0 amide bonds. The topological polar surface area (TPSA) is 69.2 Å². The summed E-state index contributed by atoms with van der Waals surface area (Å²) in [7, 11) is 1.65. The molecule has 2 aromatic rings. The first kappa shape index (κ1) is 13.9. The van der Waals surface area contributed by atoms with Gasteiger partial charge in [-0.05, 0) is 25.0 Å². The number of hydrogen-bond donors (Lipinski definition) is 1. The number of pyridine rings is 1. The van der Waals surface area contributed by atoms with E-state index in [9.17, 15) is 0 Å². The van der Waals surface area contributed by atoms with Crippen molar-refractivity contribution < 1.29 is 4.74 Å². The molecule has 6 heteroatoms. The molecule has 0 aliphatic carbocycles. The molecular formula is C15H21N5O. The van der Waals surface area contributed by atoms with Gasteiger partial charge in [0.15, 0.2) is 0 Å². The van der Waals surface area contributed by atoms with Crippen molar-refractivity contribution in [2.24, 2.45) is 0 Å². The summed E-state index contributed by atoms with van der Waals surface area (Å²) in [6.45, 7) is 2.96. The summed E-state index contributed by atoms with van der Waals surface area (Å²) < 4.78 is 7.16. The third-order valence-electron chi connectivity index (χ3n) is 3.94. The Morgan fingerprint density at radius 2 is 2.10 bits per heavy atom. The van der Waals surface area contributed by atoms with Crippen molar-refractivity contribution in [3.63, 3.8) is 0 Å². The molecule has 0 aromatic carbocycles. The molecule has 0 unspecified atom stereocenters. The number of methoxy groups -OCH3 is 1. The Kier molecular flexibility index (Phi) is 4.06. The van der Waals surface area contributed by atoms with Gasteiger partial charge in [0.2, 0.25) is 5.88 Å². The molecular weight excluding hydrogens is 266 g/mol. The minimum atomic E-state index is 0.455. The number of likely N-dealkylation sites (tertiary alicyclic amines) is 1. The van der Waals surface area contributed by atoms with Crippen molar-refractivity contribution in [2.45, 2.75) is 25.4 Å². The van der Waals surface area contributed by atoms with Gasteiger partial charge in [-0.2, -0.15) is 5.10 Å². The maximum Gasteiger partial charge on any atom is 0.213 e. The number of nitrogens with two attached hydrogens (primary N) is 1. The number of hydrogen-bond acceptors (Lipinski definition) is 5. The van der Waals surface area contributed by atoms with E-state index in [-0.39, 0.29) is 0 Å². The summed E-state index contributed by atoms with van der Waals surface area (Å²) in [5.74, 6) is 1.27. The van der Waals surface area contributed by atoms with Crippen LogP contribution in [0.2, 0.25) is 0 Å². The number of piperidine rings is 1. The Hall–Kier alpha value is -2.08. The summed E-state index contributed by atoms with van der Waals surface area (Å²) in [4.78, 5) is 6.89. The maximum atomic E-state index is 5.68. The average molecular weight is 287 g/mol. The SMILES string of the molecule is COc1cccc(CN2CCC(n3ccc(N)n3)CC2)n1. The second kappa shape index (κ2) is 6.13. The standard InChI is InChI=1S/C15H21N5O/c1-21-15-4-2-3-12(17-15)11-19-8-5-13(6-9-19)20-10-7-14(16)18-20/h2-4,7,10,13H,5-6,8-9,11H2,1H3,(H2,16,18). The van der Waals surface area contributed by atoms with Crippen LogP contribution in [0.5, 0.6) is 5.88 Å². The number of nitrogen functional groups attached to an aromatic ring is 1. The minimum Gasteiger partial charge on any atom is -0.481 e. The molecule has 3 rings (SSSR count). The van der Waals surface area contributed by atoms with Gasteiger partial charge in [0.1, 0.15) is 5.82 Å². The van der Waals surface area contributed by atoms with Crippen LogP contribution < -0.4 is 10.5 Å². The lowest BCUT2D eigenvalue weighted by Gasteiger charge is -2.31. The van der Waals surface area contributed by atoms with Gasteiger partial charge in [-0.1, -0.05) is 6.07 Å². The largest absolute Gasteiger partial charge is 0.481 e.